The van der Waals surface area contributed by atoms with Crippen LogP contribution in [0.3, 0.4) is 0 Å². The predicted molar refractivity (Wildman–Crippen MR) is 124 cm³/mol. The molecule has 1 saturated heterocycles. The second-order valence-electron chi connectivity index (χ2n) is 9.50. The SMILES string of the molecule is CC(C)C[C@H]1OC(C)(C)N(CN)[C@@]1(Cc1ccc(O)cc1)S(=O)(=O)c1ccc2c(c1)OCO2. The van der Waals surface area contributed by atoms with Gasteiger partial charge in [0, 0.05) is 19.2 Å². The molecular formula is C24H32N2O6S. The summed E-state index contributed by atoms with van der Waals surface area (Å²) < 4.78 is 46.4. The highest BCUT2D eigenvalue weighted by atomic mass is 32.2. The van der Waals surface area contributed by atoms with E-state index in [1.165, 1.54) is 6.07 Å². The molecule has 4 rings (SSSR count). The van der Waals surface area contributed by atoms with Crippen LogP contribution in [0.2, 0.25) is 0 Å². The number of rotatable bonds is 7. The van der Waals surface area contributed by atoms with E-state index in [4.69, 9.17) is 19.9 Å². The lowest BCUT2D eigenvalue weighted by Gasteiger charge is -2.42. The van der Waals surface area contributed by atoms with Crippen molar-refractivity contribution in [2.45, 2.75) is 62.1 Å². The summed E-state index contributed by atoms with van der Waals surface area (Å²) >= 11 is 0. The molecular weight excluding hydrogens is 444 g/mol. The number of hydrogen-bond acceptors (Lipinski definition) is 8. The number of nitrogens with zero attached hydrogens (tertiary/aromatic N) is 1. The lowest BCUT2D eigenvalue weighted by molar-refractivity contribution is -0.0786. The van der Waals surface area contributed by atoms with Crippen molar-refractivity contribution in [2.75, 3.05) is 13.5 Å². The van der Waals surface area contributed by atoms with Gasteiger partial charge in [-0.3, -0.25) is 0 Å². The zero-order valence-electron chi connectivity index (χ0n) is 19.4. The van der Waals surface area contributed by atoms with E-state index in [2.05, 4.69) is 0 Å². The Morgan fingerprint density at radius 2 is 1.79 bits per heavy atom. The first-order chi connectivity index (χ1) is 15.5. The van der Waals surface area contributed by atoms with Crippen LogP contribution in [0.15, 0.2) is 47.4 Å². The number of phenols is 1. The van der Waals surface area contributed by atoms with Crippen LogP contribution in [0.25, 0.3) is 0 Å². The van der Waals surface area contributed by atoms with Crippen LogP contribution >= 0.6 is 0 Å². The summed E-state index contributed by atoms with van der Waals surface area (Å²) in [6, 6.07) is 11.3. The second kappa shape index (κ2) is 8.47. The fourth-order valence-corrected chi connectivity index (χ4v) is 7.29. The summed E-state index contributed by atoms with van der Waals surface area (Å²) in [7, 11) is -4.03. The summed E-state index contributed by atoms with van der Waals surface area (Å²) in [5, 5.41) is 9.76. The number of aromatic hydroxyl groups is 1. The van der Waals surface area contributed by atoms with E-state index >= 15 is 0 Å². The third kappa shape index (κ3) is 3.97. The number of benzene rings is 2. The highest BCUT2D eigenvalue weighted by molar-refractivity contribution is 7.92. The van der Waals surface area contributed by atoms with E-state index in [1.807, 2.05) is 27.7 Å². The third-order valence-corrected chi connectivity index (χ3v) is 8.86. The number of phenolic OH excluding ortho intramolecular Hbond substituents is 1. The first kappa shape index (κ1) is 23.8. The summed E-state index contributed by atoms with van der Waals surface area (Å²) in [5.74, 6) is 1.21. The average molecular weight is 477 g/mol. The van der Waals surface area contributed by atoms with E-state index in [0.29, 0.717) is 17.9 Å². The van der Waals surface area contributed by atoms with Gasteiger partial charge in [0.05, 0.1) is 11.0 Å². The molecule has 0 saturated carbocycles. The molecule has 0 bridgehead atoms. The second-order valence-corrected chi connectivity index (χ2v) is 11.7. The molecule has 180 valence electrons. The van der Waals surface area contributed by atoms with Crippen molar-refractivity contribution in [1.82, 2.24) is 4.90 Å². The Bertz CT molecular complexity index is 1120. The number of fused-ring (bicyclic) bond motifs is 1. The molecule has 0 spiro atoms. The molecule has 2 aliphatic heterocycles. The number of sulfone groups is 1. The average Bonchev–Trinajstić information content (AvgIpc) is 3.29. The Morgan fingerprint density at radius 3 is 2.42 bits per heavy atom. The largest absolute Gasteiger partial charge is 0.508 e. The fourth-order valence-electron chi connectivity index (χ4n) is 4.94. The van der Waals surface area contributed by atoms with Crippen LogP contribution in [-0.4, -0.2) is 48.6 Å². The van der Waals surface area contributed by atoms with Crippen molar-refractivity contribution < 1.29 is 27.7 Å². The van der Waals surface area contributed by atoms with Crippen molar-refractivity contribution in [2.24, 2.45) is 11.7 Å². The molecule has 0 aliphatic carbocycles. The van der Waals surface area contributed by atoms with Crippen molar-refractivity contribution in [3.05, 3.63) is 48.0 Å². The van der Waals surface area contributed by atoms with Crippen LogP contribution in [0.5, 0.6) is 17.2 Å². The van der Waals surface area contributed by atoms with Crippen LogP contribution in [0.4, 0.5) is 0 Å². The van der Waals surface area contributed by atoms with Crippen LogP contribution in [-0.2, 0) is 21.0 Å². The maximum Gasteiger partial charge on any atom is 0.231 e. The Labute approximate surface area is 195 Å². The molecule has 2 heterocycles. The maximum atomic E-state index is 14.6. The Morgan fingerprint density at radius 1 is 1.12 bits per heavy atom. The summed E-state index contributed by atoms with van der Waals surface area (Å²) in [5.41, 5.74) is 6.06. The van der Waals surface area contributed by atoms with Gasteiger partial charge in [-0.15, -0.1) is 0 Å². The van der Waals surface area contributed by atoms with E-state index in [1.54, 1.807) is 41.3 Å². The van der Waals surface area contributed by atoms with Crippen molar-refractivity contribution in [3.63, 3.8) is 0 Å². The first-order valence-corrected chi connectivity index (χ1v) is 12.6. The van der Waals surface area contributed by atoms with E-state index < -0.39 is 26.5 Å². The van der Waals surface area contributed by atoms with Gasteiger partial charge in [0.1, 0.15) is 11.5 Å². The monoisotopic (exact) mass is 476 g/mol. The predicted octanol–water partition coefficient (Wildman–Crippen LogP) is 3.23. The first-order valence-electron chi connectivity index (χ1n) is 11.1. The van der Waals surface area contributed by atoms with Crippen LogP contribution < -0.4 is 15.2 Å². The minimum Gasteiger partial charge on any atom is -0.508 e. The molecule has 2 aromatic carbocycles. The molecule has 0 aromatic heterocycles. The molecule has 2 aromatic rings. The lowest BCUT2D eigenvalue weighted by Crippen LogP contribution is -2.62. The minimum atomic E-state index is -4.03. The highest BCUT2D eigenvalue weighted by Gasteiger charge is 2.65. The molecule has 2 aliphatic rings. The van der Waals surface area contributed by atoms with Gasteiger partial charge in [0.15, 0.2) is 16.4 Å². The lowest BCUT2D eigenvalue weighted by atomic mass is 9.93. The molecule has 8 nitrogen and oxygen atoms in total. The van der Waals surface area contributed by atoms with Crippen LogP contribution in [0.1, 0.15) is 39.7 Å². The Kier molecular flexibility index (Phi) is 6.11. The summed E-state index contributed by atoms with van der Waals surface area (Å²) in [6.07, 6.45) is 0.0319. The number of hydrogen-bond donors (Lipinski definition) is 2. The van der Waals surface area contributed by atoms with Gasteiger partial charge < -0.3 is 25.1 Å². The Balaban J connectivity index is 1.94. The van der Waals surface area contributed by atoms with Crippen LogP contribution in [0, 0.1) is 5.92 Å². The van der Waals surface area contributed by atoms with Crippen molar-refractivity contribution in [3.8, 4) is 17.2 Å². The number of ether oxygens (including phenoxy) is 3. The van der Waals surface area contributed by atoms with Gasteiger partial charge in [-0.1, -0.05) is 26.0 Å². The molecule has 3 N–H and O–H groups in total. The topological polar surface area (TPSA) is 111 Å². The number of nitrogens with two attached hydrogens (primary N) is 1. The van der Waals surface area contributed by atoms with Gasteiger partial charge in [0.2, 0.25) is 16.6 Å². The molecule has 33 heavy (non-hydrogen) atoms. The minimum absolute atomic E-state index is 0.0105. The maximum absolute atomic E-state index is 14.6. The molecule has 0 unspecified atom stereocenters. The van der Waals surface area contributed by atoms with Gasteiger partial charge >= 0.3 is 0 Å². The van der Waals surface area contributed by atoms with Gasteiger partial charge in [-0.2, -0.15) is 0 Å². The zero-order valence-corrected chi connectivity index (χ0v) is 20.3. The Hall–Kier alpha value is -2.33. The van der Waals surface area contributed by atoms with Gasteiger partial charge in [-0.25, -0.2) is 13.3 Å². The van der Waals surface area contributed by atoms with Crippen molar-refractivity contribution >= 4 is 9.84 Å². The molecule has 2 atom stereocenters. The smallest absolute Gasteiger partial charge is 0.231 e. The highest BCUT2D eigenvalue weighted by Crippen LogP contribution is 2.50. The van der Waals surface area contributed by atoms with Gasteiger partial charge in [0.25, 0.3) is 0 Å². The zero-order chi connectivity index (χ0) is 24.0. The molecule has 0 amide bonds. The van der Waals surface area contributed by atoms with Crippen molar-refractivity contribution in [1.29, 1.82) is 0 Å². The van der Waals surface area contributed by atoms with Gasteiger partial charge in [-0.05, 0) is 56.0 Å². The molecule has 9 heteroatoms. The summed E-state index contributed by atoms with van der Waals surface area (Å²) in [4.78, 5) is 0.402. The van der Waals surface area contributed by atoms with E-state index in [0.717, 1.165) is 5.56 Å². The standard InChI is InChI=1S/C24H32N2O6S/c1-16(2)11-22-24(26(14-25)23(3,4)32-22,13-17-5-7-18(27)8-6-17)33(28,29)19-9-10-20-21(12-19)31-15-30-20/h5-10,12,16,22,27H,11,13-15,25H2,1-4H3/t22-,24+/m1/s1. The third-order valence-electron chi connectivity index (χ3n) is 6.42. The summed E-state index contributed by atoms with van der Waals surface area (Å²) in [6.45, 7) is 7.82. The molecule has 1 fully saturated rings. The van der Waals surface area contributed by atoms with E-state index in [9.17, 15) is 13.5 Å². The molecule has 0 radical (unpaired) electrons. The normalized spacial score (nSPS) is 24.5. The fraction of sp³-hybridized carbons (Fsp3) is 0.500. The van der Waals surface area contributed by atoms with E-state index in [-0.39, 0.29) is 36.4 Å². The quantitative estimate of drug-likeness (QED) is 0.627.